The van der Waals surface area contributed by atoms with Crippen LogP contribution in [-0.4, -0.2) is 18.3 Å². The molecule has 4 heteroatoms. The molecule has 1 amide bonds. The number of carboxylic acid groups (broad SMARTS) is 1. The molecule has 2 rings (SSSR count). The van der Waals surface area contributed by atoms with Gasteiger partial charge in [-0.15, -0.1) is 0 Å². The largest absolute Gasteiger partial charge is 0.496 e. The minimum atomic E-state index is -1.07. The van der Waals surface area contributed by atoms with Crippen LogP contribution < -0.4 is 10.1 Å². The lowest BCUT2D eigenvalue weighted by atomic mass is 10.1. The predicted octanol–water partition coefficient (Wildman–Crippen LogP) is 2.94. The number of nitrogens with one attached hydrogen (secondary N) is 1. The minimum absolute atomic E-state index is 0.559. The van der Waals surface area contributed by atoms with Gasteiger partial charge < -0.3 is 9.84 Å². The SMILES string of the molecule is COc1ccc(NC(=O)O)c2ccccc12. The quantitative estimate of drug-likeness (QED) is 0.813. The highest BCUT2D eigenvalue weighted by molar-refractivity contribution is 6.02. The molecule has 0 saturated heterocycles. The number of fused-ring (bicyclic) bond motifs is 1. The lowest BCUT2D eigenvalue weighted by molar-refractivity contribution is 0.210. The molecule has 0 saturated carbocycles. The lowest BCUT2D eigenvalue weighted by Crippen LogP contribution is -2.07. The topological polar surface area (TPSA) is 58.6 Å². The summed E-state index contributed by atoms with van der Waals surface area (Å²) in [4.78, 5) is 10.6. The molecule has 0 aliphatic heterocycles. The summed E-state index contributed by atoms with van der Waals surface area (Å²) < 4.78 is 5.21. The number of methoxy groups -OCH3 is 1. The van der Waals surface area contributed by atoms with Crippen molar-refractivity contribution in [2.75, 3.05) is 12.4 Å². The summed E-state index contributed by atoms with van der Waals surface area (Å²) in [7, 11) is 1.59. The van der Waals surface area contributed by atoms with Crippen LogP contribution in [0, 0.1) is 0 Å². The van der Waals surface area contributed by atoms with Crippen LogP contribution in [0.1, 0.15) is 0 Å². The summed E-state index contributed by atoms with van der Waals surface area (Å²) in [5.74, 6) is 0.728. The number of hydrogen-bond donors (Lipinski definition) is 2. The van der Waals surface area contributed by atoms with E-state index in [1.54, 1.807) is 19.2 Å². The standard InChI is InChI=1S/C12H11NO3/c1-16-11-7-6-10(13-12(14)15)8-4-2-3-5-9(8)11/h2-7,13H,1H3,(H,14,15). The molecule has 82 valence electrons. The number of rotatable bonds is 2. The highest BCUT2D eigenvalue weighted by Crippen LogP contribution is 2.31. The summed E-state index contributed by atoms with van der Waals surface area (Å²) in [6, 6.07) is 10.9. The van der Waals surface area contributed by atoms with Gasteiger partial charge in [0.05, 0.1) is 12.8 Å². The second-order valence-electron chi connectivity index (χ2n) is 3.29. The van der Waals surface area contributed by atoms with Crippen LogP contribution in [0.2, 0.25) is 0 Å². The molecular formula is C12H11NO3. The minimum Gasteiger partial charge on any atom is -0.496 e. The maximum absolute atomic E-state index is 10.6. The van der Waals surface area contributed by atoms with Crippen molar-refractivity contribution in [1.29, 1.82) is 0 Å². The summed E-state index contributed by atoms with van der Waals surface area (Å²) in [6.07, 6.45) is -1.07. The molecule has 16 heavy (non-hydrogen) atoms. The van der Waals surface area contributed by atoms with E-state index in [9.17, 15) is 4.79 Å². The number of benzene rings is 2. The third-order valence-corrected chi connectivity index (χ3v) is 2.35. The van der Waals surface area contributed by atoms with Crippen LogP contribution in [0.4, 0.5) is 10.5 Å². The third-order valence-electron chi connectivity index (χ3n) is 2.35. The Hall–Kier alpha value is -2.23. The van der Waals surface area contributed by atoms with E-state index in [2.05, 4.69) is 5.32 Å². The Bertz CT molecular complexity index is 537. The molecule has 0 aliphatic rings. The first-order valence-electron chi connectivity index (χ1n) is 4.78. The summed E-state index contributed by atoms with van der Waals surface area (Å²) in [5.41, 5.74) is 0.559. The van der Waals surface area contributed by atoms with Crippen molar-refractivity contribution in [3.8, 4) is 5.75 Å². The Labute approximate surface area is 92.5 Å². The van der Waals surface area contributed by atoms with Crippen LogP contribution >= 0.6 is 0 Å². The van der Waals surface area contributed by atoms with Crippen LogP contribution in [-0.2, 0) is 0 Å². The molecular weight excluding hydrogens is 206 g/mol. The van der Waals surface area contributed by atoms with Gasteiger partial charge in [-0.3, -0.25) is 5.32 Å². The van der Waals surface area contributed by atoms with Crippen LogP contribution in [0.5, 0.6) is 5.75 Å². The molecule has 4 nitrogen and oxygen atoms in total. The Morgan fingerprint density at radius 3 is 2.50 bits per heavy atom. The highest BCUT2D eigenvalue weighted by atomic mass is 16.5. The van der Waals surface area contributed by atoms with Crippen LogP contribution in [0.15, 0.2) is 36.4 Å². The molecule has 0 atom stereocenters. The molecule has 0 aliphatic carbocycles. The van der Waals surface area contributed by atoms with Crippen molar-refractivity contribution < 1.29 is 14.6 Å². The first-order chi connectivity index (χ1) is 7.72. The van der Waals surface area contributed by atoms with E-state index in [1.807, 2.05) is 24.3 Å². The Kier molecular flexibility index (Phi) is 2.64. The van der Waals surface area contributed by atoms with E-state index in [0.29, 0.717) is 5.69 Å². The molecule has 2 aromatic rings. The monoisotopic (exact) mass is 217 g/mol. The van der Waals surface area contributed by atoms with Gasteiger partial charge >= 0.3 is 6.09 Å². The molecule has 2 N–H and O–H groups in total. The van der Waals surface area contributed by atoms with Crippen LogP contribution in [0.3, 0.4) is 0 Å². The van der Waals surface area contributed by atoms with Crippen molar-refractivity contribution >= 4 is 22.6 Å². The van der Waals surface area contributed by atoms with Crippen molar-refractivity contribution in [2.45, 2.75) is 0 Å². The molecule has 0 fully saturated rings. The van der Waals surface area contributed by atoms with Crippen molar-refractivity contribution in [1.82, 2.24) is 0 Å². The van der Waals surface area contributed by atoms with Gasteiger partial charge in [0.15, 0.2) is 0 Å². The number of anilines is 1. The van der Waals surface area contributed by atoms with Gasteiger partial charge in [0, 0.05) is 10.8 Å². The zero-order chi connectivity index (χ0) is 11.5. The second kappa shape index (κ2) is 4.10. The lowest BCUT2D eigenvalue weighted by Gasteiger charge is -2.09. The third kappa shape index (κ3) is 1.77. The maximum Gasteiger partial charge on any atom is 0.409 e. The Morgan fingerprint density at radius 1 is 1.19 bits per heavy atom. The molecule has 0 unspecified atom stereocenters. The summed E-state index contributed by atoms with van der Waals surface area (Å²) in [6.45, 7) is 0. The normalized spacial score (nSPS) is 10.1. The molecule has 0 spiro atoms. The van der Waals surface area contributed by atoms with E-state index in [4.69, 9.17) is 9.84 Å². The molecule has 0 radical (unpaired) electrons. The smallest absolute Gasteiger partial charge is 0.409 e. The fourth-order valence-electron chi connectivity index (χ4n) is 1.67. The molecule has 0 bridgehead atoms. The fourth-order valence-corrected chi connectivity index (χ4v) is 1.67. The van der Waals surface area contributed by atoms with Crippen molar-refractivity contribution in [3.63, 3.8) is 0 Å². The summed E-state index contributed by atoms with van der Waals surface area (Å²) >= 11 is 0. The fraction of sp³-hybridized carbons (Fsp3) is 0.0833. The molecule has 0 heterocycles. The van der Waals surface area contributed by atoms with E-state index < -0.39 is 6.09 Å². The van der Waals surface area contributed by atoms with Gasteiger partial charge in [0.25, 0.3) is 0 Å². The van der Waals surface area contributed by atoms with E-state index in [-0.39, 0.29) is 0 Å². The Morgan fingerprint density at radius 2 is 1.88 bits per heavy atom. The average molecular weight is 217 g/mol. The van der Waals surface area contributed by atoms with Crippen molar-refractivity contribution in [2.24, 2.45) is 0 Å². The number of hydrogen-bond acceptors (Lipinski definition) is 2. The van der Waals surface area contributed by atoms with Gasteiger partial charge in [-0.25, -0.2) is 4.79 Å². The summed E-state index contributed by atoms with van der Waals surface area (Å²) in [5, 5.41) is 12.8. The zero-order valence-electron chi connectivity index (χ0n) is 8.73. The van der Waals surface area contributed by atoms with E-state index in [0.717, 1.165) is 16.5 Å². The van der Waals surface area contributed by atoms with Gasteiger partial charge in [0.1, 0.15) is 5.75 Å². The average Bonchev–Trinajstić information content (AvgIpc) is 2.29. The number of carbonyl (C=O) groups is 1. The number of amides is 1. The van der Waals surface area contributed by atoms with Gasteiger partial charge in [-0.05, 0) is 12.1 Å². The van der Waals surface area contributed by atoms with Gasteiger partial charge in [-0.2, -0.15) is 0 Å². The maximum atomic E-state index is 10.6. The van der Waals surface area contributed by atoms with Gasteiger partial charge in [0.2, 0.25) is 0 Å². The first kappa shape index (κ1) is 10.3. The second-order valence-corrected chi connectivity index (χ2v) is 3.29. The van der Waals surface area contributed by atoms with Crippen molar-refractivity contribution in [3.05, 3.63) is 36.4 Å². The highest BCUT2D eigenvalue weighted by Gasteiger charge is 2.07. The van der Waals surface area contributed by atoms with Gasteiger partial charge in [-0.1, -0.05) is 24.3 Å². The first-order valence-corrected chi connectivity index (χ1v) is 4.78. The van der Waals surface area contributed by atoms with E-state index >= 15 is 0 Å². The van der Waals surface area contributed by atoms with Crippen LogP contribution in [0.25, 0.3) is 10.8 Å². The molecule has 0 aromatic heterocycles. The zero-order valence-corrected chi connectivity index (χ0v) is 8.73. The molecule has 2 aromatic carbocycles. The Balaban J connectivity index is 2.64. The predicted molar refractivity (Wildman–Crippen MR) is 62.1 cm³/mol. The number of ether oxygens (including phenoxy) is 1. The van der Waals surface area contributed by atoms with E-state index in [1.165, 1.54) is 0 Å².